The van der Waals surface area contributed by atoms with Crippen LogP contribution in [0.3, 0.4) is 0 Å². The molecule has 7 nitrogen and oxygen atoms in total. The van der Waals surface area contributed by atoms with E-state index in [2.05, 4.69) is 21.1 Å². The molecule has 0 aliphatic carbocycles. The van der Waals surface area contributed by atoms with E-state index in [1.165, 1.54) is 5.56 Å². The first kappa shape index (κ1) is 20.9. The topological polar surface area (TPSA) is 71.7 Å². The summed E-state index contributed by atoms with van der Waals surface area (Å²) in [6.07, 6.45) is 1.78. The molecule has 1 saturated heterocycles. The zero-order chi connectivity index (χ0) is 21.6. The molecule has 1 amide bonds. The van der Waals surface area contributed by atoms with E-state index in [0.717, 1.165) is 43.2 Å². The summed E-state index contributed by atoms with van der Waals surface area (Å²) in [5.41, 5.74) is 3.21. The number of amides is 1. The summed E-state index contributed by atoms with van der Waals surface area (Å²) in [5.74, 6) is 2.21. The number of aromatic nitrogens is 2. The number of benzene rings is 2. The molecule has 3 aromatic rings. The molecule has 0 spiro atoms. The molecule has 0 unspecified atom stereocenters. The van der Waals surface area contributed by atoms with Gasteiger partial charge < -0.3 is 19.1 Å². The fourth-order valence-corrected chi connectivity index (χ4v) is 3.81. The number of para-hydroxylation sites is 2. The van der Waals surface area contributed by atoms with E-state index in [4.69, 9.17) is 9.26 Å². The molecular weight excluding hydrogens is 392 g/mol. The van der Waals surface area contributed by atoms with Crippen LogP contribution in [-0.4, -0.2) is 54.2 Å². The van der Waals surface area contributed by atoms with Crippen molar-refractivity contribution in [3.8, 4) is 17.1 Å². The second-order valence-corrected chi connectivity index (χ2v) is 7.77. The maximum atomic E-state index is 12.6. The summed E-state index contributed by atoms with van der Waals surface area (Å²) in [6, 6.07) is 16.0. The molecular formula is C24H28N4O3. The number of ether oxygens (including phenoxy) is 1. The third-order valence-corrected chi connectivity index (χ3v) is 5.62. The highest BCUT2D eigenvalue weighted by Gasteiger charge is 2.22. The molecule has 31 heavy (non-hydrogen) atoms. The minimum Gasteiger partial charge on any atom is -0.495 e. The standard InChI is InChI=1S/C24H28N4O3/c1-18-10-12-19(13-11-18)24-25-22(31-26-24)8-5-9-23(29)28-16-14-27(15-17-28)20-6-3-4-7-21(20)30-2/h3-4,6-7,10-13H,5,8-9,14-17H2,1-2H3. The van der Waals surface area contributed by atoms with Crippen molar-refractivity contribution in [1.82, 2.24) is 15.0 Å². The fraction of sp³-hybridized carbons (Fsp3) is 0.375. The Morgan fingerprint density at radius 2 is 1.81 bits per heavy atom. The molecule has 0 bridgehead atoms. The monoisotopic (exact) mass is 420 g/mol. The van der Waals surface area contributed by atoms with E-state index >= 15 is 0 Å². The minimum atomic E-state index is 0.179. The molecule has 0 radical (unpaired) electrons. The lowest BCUT2D eigenvalue weighted by molar-refractivity contribution is -0.131. The number of hydrogen-bond acceptors (Lipinski definition) is 6. The summed E-state index contributed by atoms with van der Waals surface area (Å²) in [7, 11) is 1.69. The van der Waals surface area contributed by atoms with Gasteiger partial charge in [-0.3, -0.25) is 4.79 Å². The molecule has 1 aromatic heterocycles. The van der Waals surface area contributed by atoms with Gasteiger partial charge in [0.15, 0.2) is 0 Å². The van der Waals surface area contributed by atoms with Crippen LogP contribution < -0.4 is 9.64 Å². The highest BCUT2D eigenvalue weighted by Crippen LogP contribution is 2.28. The van der Waals surface area contributed by atoms with Gasteiger partial charge in [0.25, 0.3) is 0 Å². The van der Waals surface area contributed by atoms with Crippen molar-refractivity contribution in [3.63, 3.8) is 0 Å². The Hall–Kier alpha value is -3.35. The number of nitrogens with zero attached hydrogens (tertiary/aromatic N) is 4. The van der Waals surface area contributed by atoms with Crippen molar-refractivity contribution in [2.75, 3.05) is 38.2 Å². The summed E-state index contributed by atoms with van der Waals surface area (Å²) >= 11 is 0. The van der Waals surface area contributed by atoms with Crippen LogP contribution in [0.15, 0.2) is 53.1 Å². The van der Waals surface area contributed by atoms with Gasteiger partial charge in [-0.05, 0) is 25.5 Å². The highest BCUT2D eigenvalue weighted by molar-refractivity contribution is 5.76. The van der Waals surface area contributed by atoms with Crippen LogP contribution in [0.25, 0.3) is 11.4 Å². The first-order chi connectivity index (χ1) is 15.1. The quantitative estimate of drug-likeness (QED) is 0.580. The number of carbonyl (C=O) groups is 1. The number of anilines is 1. The Morgan fingerprint density at radius 3 is 2.55 bits per heavy atom. The highest BCUT2D eigenvalue weighted by atomic mass is 16.5. The predicted molar refractivity (Wildman–Crippen MR) is 119 cm³/mol. The average molecular weight is 421 g/mol. The van der Waals surface area contributed by atoms with Crippen LogP contribution >= 0.6 is 0 Å². The first-order valence-electron chi connectivity index (χ1n) is 10.7. The average Bonchev–Trinajstić information content (AvgIpc) is 3.28. The van der Waals surface area contributed by atoms with Crippen LogP contribution in [0.1, 0.15) is 24.3 Å². The van der Waals surface area contributed by atoms with Crippen molar-refractivity contribution >= 4 is 11.6 Å². The lowest BCUT2D eigenvalue weighted by Gasteiger charge is -2.36. The number of piperazine rings is 1. The van der Waals surface area contributed by atoms with E-state index in [1.807, 2.05) is 54.3 Å². The van der Waals surface area contributed by atoms with Crippen molar-refractivity contribution in [3.05, 3.63) is 60.0 Å². The predicted octanol–water partition coefficient (Wildman–Crippen LogP) is 3.73. The van der Waals surface area contributed by atoms with Gasteiger partial charge in [0.05, 0.1) is 12.8 Å². The van der Waals surface area contributed by atoms with Gasteiger partial charge in [-0.1, -0.05) is 47.1 Å². The molecule has 1 fully saturated rings. The van der Waals surface area contributed by atoms with Crippen molar-refractivity contribution in [2.45, 2.75) is 26.2 Å². The molecule has 7 heteroatoms. The largest absolute Gasteiger partial charge is 0.495 e. The van der Waals surface area contributed by atoms with Crippen LogP contribution in [0.5, 0.6) is 5.75 Å². The second-order valence-electron chi connectivity index (χ2n) is 7.77. The van der Waals surface area contributed by atoms with Crippen molar-refractivity contribution in [2.24, 2.45) is 0 Å². The number of methoxy groups -OCH3 is 1. The molecule has 1 aliphatic rings. The molecule has 0 saturated carbocycles. The number of aryl methyl sites for hydroxylation is 2. The van der Waals surface area contributed by atoms with Gasteiger partial charge in [0.2, 0.25) is 17.6 Å². The Morgan fingerprint density at radius 1 is 1.06 bits per heavy atom. The van der Waals surface area contributed by atoms with Gasteiger partial charge in [0, 0.05) is 44.6 Å². The van der Waals surface area contributed by atoms with E-state index in [1.54, 1.807) is 7.11 Å². The second kappa shape index (κ2) is 9.64. The lowest BCUT2D eigenvalue weighted by atomic mass is 10.1. The third-order valence-electron chi connectivity index (χ3n) is 5.62. The summed E-state index contributed by atoms with van der Waals surface area (Å²) in [5, 5.41) is 4.06. The lowest BCUT2D eigenvalue weighted by Crippen LogP contribution is -2.48. The van der Waals surface area contributed by atoms with Gasteiger partial charge in [-0.25, -0.2) is 0 Å². The molecule has 0 atom stereocenters. The van der Waals surface area contributed by atoms with Crippen molar-refractivity contribution < 1.29 is 14.1 Å². The third kappa shape index (κ3) is 5.05. The van der Waals surface area contributed by atoms with Gasteiger partial charge in [-0.2, -0.15) is 4.98 Å². The normalized spacial score (nSPS) is 14.0. The maximum absolute atomic E-state index is 12.6. The van der Waals surface area contributed by atoms with Gasteiger partial charge >= 0.3 is 0 Å². The molecule has 1 aliphatic heterocycles. The fourth-order valence-electron chi connectivity index (χ4n) is 3.81. The SMILES string of the molecule is COc1ccccc1N1CCN(C(=O)CCCc2nc(-c3ccc(C)cc3)no2)CC1. The van der Waals surface area contributed by atoms with Crippen LogP contribution in [0, 0.1) is 6.92 Å². The molecule has 0 N–H and O–H groups in total. The number of hydrogen-bond donors (Lipinski definition) is 0. The Bertz CT molecular complexity index is 1010. The first-order valence-corrected chi connectivity index (χ1v) is 10.7. The zero-order valence-electron chi connectivity index (χ0n) is 18.1. The summed E-state index contributed by atoms with van der Waals surface area (Å²) in [6.45, 7) is 5.08. The smallest absolute Gasteiger partial charge is 0.226 e. The van der Waals surface area contributed by atoms with E-state index < -0.39 is 0 Å². The van der Waals surface area contributed by atoms with Crippen LogP contribution in [0.2, 0.25) is 0 Å². The number of carbonyl (C=O) groups excluding carboxylic acids is 1. The van der Waals surface area contributed by atoms with Crippen molar-refractivity contribution in [1.29, 1.82) is 0 Å². The number of rotatable bonds is 7. The summed E-state index contributed by atoms with van der Waals surface area (Å²) < 4.78 is 10.8. The molecule has 162 valence electrons. The minimum absolute atomic E-state index is 0.179. The van der Waals surface area contributed by atoms with E-state index in [0.29, 0.717) is 31.0 Å². The van der Waals surface area contributed by atoms with E-state index in [-0.39, 0.29) is 5.91 Å². The summed E-state index contributed by atoms with van der Waals surface area (Å²) in [4.78, 5) is 21.3. The van der Waals surface area contributed by atoms with Gasteiger partial charge in [0.1, 0.15) is 5.75 Å². The molecule has 2 heterocycles. The van der Waals surface area contributed by atoms with Crippen LogP contribution in [-0.2, 0) is 11.2 Å². The van der Waals surface area contributed by atoms with Crippen LogP contribution in [0.4, 0.5) is 5.69 Å². The Labute approximate surface area is 182 Å². The van der Waals surface area contributed by atoms with Gasteiger partial charge in [-0.15, -0.1) is 0 Å². The molecule has 2 aromatic carbocycles. The Balaban J connectivity index is 1.23. The Kier molecular flexibility index (Phi) is 6.50. The zero-order valence-corrected chi connectivity index (χ0v) is 18.1. The maximum Gasteiger partial charge on any atom is 0.226 e. The molecule has 4 rings (SSSR count). The van der Waals surface area contributed by atoms with E-state index in [9.17, 15) is 4.79 Å².